The summed E-state index contributed by atoms with van der Waals surface area (Å²) < 4.78 is 4.95. The summed E-state index contributed by atoms with van der Waals surface area (Å²) in [6, 6.07) is 4.31. The Morgan fingerprint density at radius 2 is 1.88 bits per heavy atom. The Bertz CT molecular complexity index is 736. The van der Waals surface area contributed by atoms with Crippen molar-refractivity contribution in [3.05, 3.63) is 29.3 Å². The summed E-state index contributed by atoms with van der Waals surface area (Å²) in [6.45, 7) is 5.41. The first-order chi connectivity index (χ1) is 11.5. The third kappa shape index (κ3) is 7.06. The van der Waals surface area contributed by atoms with E-state index in [9.17, 15) is 19.5 Å². The molecule has 25 heavy (non-hydrogen) atoms. The highest BCUT2D eigenvalue weighted by Crippen LogP contribution is 2.18. The van der Waals surface area contributed by atoms with Gasteiger partial charge in [0.05, 0.1) is 17.8 Å². The van der Waals surface area contributed by atoms with Crippen molar-refractivity contribution in [1.82, 2.24) is 4.90 Å². The van der Waals surface area contributed by atoms with Gasteiger partial charge in [0.25, 0.3) is 0 Å². The average Bonchev–Trinajstić information content (AvgIpc) is 2.46. The molecule has 0 aliphatic rings. The number of nitrogens with one attached hydrogen (secondary N) is 1. The number of ether oxygens (including phenoxy) is 1. The highest BCUT2D eigenvalue weighted by Gasteiger charge is 2.24. The molecule has 0 aliphatic carbocycles. The summed E-state index contributed by atoms with van der Waals surface area (Å²) in [5.74, 6) is 2.38. The maximum Gasteiger partial charge on any atom is 0.397 e. The van der Waals surface area contributed by atoms with E-state index in [2.05, 4.69) is 17.2 Å². The summed E-state index contributed by atoms with van der Waals surface area (Å²) in [6.07, 6.45) is 0. The molecule has 2 N–H and O–H groups in total. The van der Waals surface area contributed by atoms with Crippen molar-refractivity contribution >= 4 is 23.5 Å². The van der Waals surface area contributed by atoms with E-state index in [1.165, 1.54) is 12.1 Å². The first kappa shape index (κ1) is 20.2. The fraction of sp³-hybridized carbons (Fsp3) is 0.389. The second kappa shape index (κ2) is 8.31. The molecule has 7 heteroatoms. The Hall–Kier alpha value is -2.85. The molecule has 0 saturated heterocycles. The number of hydrogen-bond donors (Lipinski definition) is 2. The molecular formula is C18H22N2O5. The van der Waals surface area contributed by atoms with E-state index in [1.807, 2.05) is 19.0 Å². The highest BCUT2D eigenvalue weighted by atomic mass is 16.6. The zero-order valence-electron chi connectivity index (χ0n) is 15.0. The number of nitrogens with zero attached hydrogens (tertiary/aromatic N) is 1. The summed E-state index contributed by atoms with van der Waals surface area (Å²) in [7, 11) is 3.74. The topological polar surface area (TPSA) is 95.9 Å². The molecule has 1 aromatic carbocycles. The second-order valence-corrected chi connectivity index (χ2v) is 6.56. The summed E-state index contributed by atoms with van der Waals surface area (Å²) in [4.78, 5) is 36.9. The van der Waals surface area contributed by atoms with Gasteiger partial charge in [0.1, 0.15) is 5.60 Å². The fourth-order valence-electron chi connectivity index (χ4n) is 1.71. The average molecular weight is 346 g/mol. The van der Waals surface area contributed by atoms with Crippen molar-refractivity contribution in [2.75, 3.05) is 26.0 Å². The predicted molar refractivity (Wildman–Crippen MR) is 93.3 cm³/mol. The standard InChI is InChI=1S/C18H22N2O5/c1-18(2,3)25-17(24)15(21)19-14-9-8-12(7-6-10-20(4)5)11-13(14)16(22)23/h8-9,11H,10H2,1-5H3,(H,19,21)(H,22,23). The van der Waals surface area contributed by atoms with Crippen LogP contribution in [-0.2, 0) is 14.3 Å². The normalized spacial score (nSPS) is 10.6. The summed E-state index contributed by atoms with van der Waals surface area (Å²) >= 11 is 0. The lowest BCUT2D eigenvalue weighted by Crippen LogP contribution is -2.32. The van der Waals surface area contributed by atoms with E-state index in [-0.39, 0.29) is 11.3 Å². The molecule has 0 unspecified atom stereocenters. The summed E-state index contributed by atoms with van der Waals surface area (Å²) in [5.41, 5.74) is -0.486. The summed E-state index contributed by atoms with van der Waals surface area (Å²) in [5, 5.41) is 11.6. The van der Waals surface area contributed by atoms with Gasteiger partial charge in [-0.05, 0) is 53.1 Å². The van der Waals surface area contributed by atoms with Crippen LogP contribution in [0.4, 0.5) is 5.69 Å². The van der Waals surface area contributed by atoms with E-state index < -0.39 is 23.4 Å². The first-order valence-electron chi connectivity index (χ1n) is 7.55. The minimum atomic E-state index is -1.24. The van der Waals surface area contributed by atoms with Crippen LogP contribution in [-0.4, -0.2) is 54.1 Å². The van der Waals surface area contributed by atoms with Crippen LogP contribution in [0.5, 0.6) is 0 Å². The lowest BCUT2D eigenvalue weighted by Gasteiger charge is -2.19. The van der Waals surface area contributed by atoms with Crippen molar-refractivity contribution in [2.24, 2.45) is 0 Å². The fourth-order valence-corrected chi connectivity index (χ4v) is 1.71. The molecule has 0 atom stereocenters. The molecule has 0 aliphatic heterocycles. The van der Waals surface area contributed by atoms with Crippen molar-refractivity contribution in [2.45, 2.75) is 26.4 Å². The van der Waals surface area contributed by atoms with Gasteiger partial charge in [0.2, 0.25) is 0 Å². The number of hydrogen-bond acceptors (Lipinski definition) is 5. The van der Waals surface area contributed by atoms with Crippen LogP contribution in [0.25, 0.3) is 0 Å². The minimum absolute atomic E-state index is 0.00141. The zero-order chi connectivity index (χ0) is 19.2. The van der Waals surface area contributed by atoms with E-state index in [0.717, 1.165) is 0 Å². The number of benzene rings is 1. The largest absolute Gasteiger partial charge is 0.478 e. The molecule has 0 bridgehead atoms. The molecule has 0 radical (unpaired) electrons. The third-order valence-corrected chi connectivity index (χ3v) is 2.71. The first-order valence-corrected chi connectivity index (χ1v) is 7.55. The molecule has 7 nitrogen and oxygen atoms in total. The maximum atomic E-state index is 11.9. The Labute approximate surface area is 147 Å². The van der Waals surface area contributed by atoms with Crippen LogP contribution in [0, 0.1) is 11.8 Å². The van der Waals surface area contributed by atoms with E-state index >= 15 is 0 Å². The highest BCUT2D eigenvalue weighted by molar-refractivity contribution is 6.37. The Morgan fingerprint density at radius 3 is 2.40 bits per heavy atom. The molecular weight excluding hydrogens is 324 g/mol. The van der Waals surface area contributed by atoms with Crippen LogP contribution < -0.4 is 5.32 Å². The number of aromatic carboxylic acids is 1. The van der Waals surface area contributed by atoms with Crippen LogP contribution in [0.2, 0.25) is 0 Å². The Morgan fingerprint density at radius 1 is 1.24 bits per heavy atom. The second-order valence-electron chi connectivity index (χ2n) is 6.56. The zero-order valence-corrected chi connectivity index (χ0v) is 15.0. The Balaban J connectivity index is 2.99. The monoisotopic (exact) mass is 346 g/mol. The Kier molecular flexibility index (Phi) is 6.71. The molecule has 0 fully saturated rings. The van der Waals surface area contributed by atoms with Gasteiger partial charge in [-0.3, -0.25) is 9.69 Å². The number of amides is 1. The number of anilines is 1. The van der Waals surface area contributed by atoms with E-state index in [4.69, 9.17) is 4.74 Å². The van der Waals surface area contributed by atoms with Gasteiger partial charge >= 0.3 is 17.8 Å². The van der Waals surface area contributed by atoms with E-state index in [0.29, 0.717) is 12.1 Å². The maximum absolute atomic E-state index is 11.9. The number of carboxylic acid groups (broad SMARTS) is 1. The number of carboxylic acids is 1. The van der Waals surface area contributed by atoms with Crippen LogP contribution >= 0.6 is 0 Å². The number of carbonyl (C=O) groups excluding carboxylic acids is 2. The van der Waals surface area contributed by atoms with Gasteiger partial charge in [-0.15, -0.1) is 0 Å². The quantitative estimate of drug-likeness (QED) is 0.490. The minimum Gasteiger partial charge on any atom is -0.478 e. The third-order valence-electron chi connectivity index (χ3n) is 2.71. The number of rotatable bonds is 3. The van der Waals surface area contributed by atoms with Gasteiger partial charge in [0.15, 0.2) is 0 Å². The molecule has 1 aromatic rings. The molecule has 0 spiro atoms. The van der Waals surface area contributed by atoms with Crippen molar-refractivity contribution in [3.63, 3.8) is 0 Å². The molecule has 0 heterocycles. The smallest absolute Gasteiger partial charge is 0.397 e. The lowest BCUT2D eigenvalue weighted by atomic mass is 10.1. The van der Waals surface area contributed by atoms with Crippen LogP contribution in [0.15, 0.2) is 18.2 Å². The van der Waals surface area contributed by atoms with Gasteiger partial charge in [-0.1, -0.05) is 11.8 Å². The SMILES string of the molecule is CN(C)CC#Cc1ccc(NC(=O)C(=O)OC(C)(C)C)c(C(=O)O)c1. The lowest BCUT2D eigenvalue weighted by molar-refractivity contribution is -0.161. The van der Waals surface area contributed by atoms with Crippen molar-refractivity contribution < 1.29 is 24.2 Å². The number of carbonyl (C=O) groups is 3. The van der Waals surface area contributed by atoms with Crippen molar-refractivity contribution in [3.8, 4) is 11.8 Å². The van der Waals surface area contributed by atoms with Crippen molar-refractivity contribution in [1.29, 1.82) is 0 Å². The molecule has 1 amide bonds. The molecule has 0 saturated carbocycles. The van der Waals surface area contributed by atoms with Gasteiger partial charge in [-0.2, -0.15) is 0 Å². The van der Waals surface area contributed by atoms with Gasteiger partial charge in [-0.25, -0.2) is 9.59 Å². The molecule has 134 valence electrons. The molecule has 1 rings (SSSR count). The van der Waals surface area contributed by atoms with E-state index in [1.54, 1.807) is 26.8 Å². The predicted octanol–water partition coefficient (Wildman–Crippen LogP) is 1.58. The van der Waals surface area contributed by atoms with Crippen LogP contribution in [0.1, 0.15) is 36.7 Å². The van der Waals surface area contributed by atoms with Gasteiger partial charge in [0, 0.05) is 5.56 Å². The molecule has 0 aromatic heterocycles. The van der Waals surface area contributed by atoms with Crippen LogP contribution in [0.3, 0.4) is 0 Å². The number of esters is 1. The van der Waals surface area contributed by atoms with Gasteiger partial charge < -0.3 is 15.2 Å².